The number of amides is 2. The van der Waals surface area contributed by atoms with E-state index in [4.69, 9.17) is 9.72 Å². The molecule has 1 atom stereocenters. The predicted octanol–water partition coefficient (Wildman–Crippen LogP) is 3.00. The molecule has 42 heavy (non-hydrogen) atoms. The van der Waals surface area contributed by atoms with Gasteiger partial charge in [-0.05, 0) is 49.6 Å². The molecule has 3 aromatic rings. The molecule has 0 bridgehead atoms. The number of carbonyl (C=O) groups excluding carboxylic acids is 2. The highest BCUT2D eigenvalue weighted by molar-refractivity contribution is 5.97. The van der Waals surface area contributed by atoms with Crippen LogP contribution >= 0.6 is 0 Å². The van der Waals surface area contributed by atoms with E-state index >= 15 is 0 Å². The Morgan fingerprint density at radius 3 is 2.60 bits per heavy atom. The summed E-state index contributed by atoms with van der Waals surface area (Å²) in [7, 11) is 2.07. The van der Waals surface area contributed by atoms with Crippen molar-refractivity contribution < 1.29 is 14.3 Å². The van der Waals surface area contributed by atoms with Gasteiger partial charge in [-0.15, -0.1) is 0 Å². The van der Waals surface area contributed by atoms with Gasteiger partial charge < -0.3 is 29.7 Å². The van der Waals surface area contributed by atoms with Crippen LogP contribution in [0, 0.1) is 6.92 Å². The van der Waals surface area contributed by atoms with Gasteiger partial charge in [0.15, 0.2) is 0 Å². The summed E-state index contributed by atoms with van der Waals surface area (Å²) in [5.41, 5.74) is 6.06. The molecule has 0 aliphatic carbocycles. The van der Waals surface area contributed by atoms with Crippen molar-refractivity contribution >= 4 is 34.0 Å². The van der Waals surface area contributed by atoms with E-state index < -0.39 is 0 Å². The molecule has 2 saturated heterocycles. The fourth-order valence-electron chi connectivity index (χ4n) is 6.48. The average molecular weight is 569 g/mol. The number of fused-ring (bicyclic) bond motifs is 2. The monoisotopic (exact) mass is 568 g/mol. The molecule has 2 aromatic carbocycles. The predicted molar refractivity (Wildman–Crippen MR) is 166 cm³/mol. The lowest BCUT2D eigenvalue weighted by Gasteiger charge is -2.39. The van der Waals surface area contributed by atoms with Crippen LogP contribution in [-0.4, -0.2) is 98.7 Å². The number of aryl methyl sites for hydroxylation is 1. The zero-order valence-corrected chi connectivity index (χ0v) is 24.6. The van der Waals surface area contributed by atoms with Crippen molar-refractivity contribution in [2.45, 2.75) is 26.0 Å². The van der Waals surface area contributed by atoms with Crippen molar-refractivity contribution in [1.82, 2.24) is 20.1 Å². The molecule has 1 aromatic heterocycles. The van der Waals surface area contributed by atoms with E-state index in [1.807, 2.05) is 11.0 Å². The lowest BCUT2D eigenvalue weighted by molar-refractivity contribution is -0.126. The van der Waals surface area contributed by atoms with Gasteiger partial charge in [0.25, 0.3) is 5.91 Å². The molecular formula is C33H40N6O3. The van der Waals surface area contributed by atoms with Crippen LogP contribution in [0.15, 0.2) is 55.1 Å². The van der Waals surface area contributed by atoms with Crippen LogP contribution in [0.25, 0.3) is 10.8 Å². The number of pyridine rings is 1. The van der Waals surface area contributed by atoms with E-state index in [0.717, 1.165) is 37.4 Å². The summed E-state index contributed by atoms with van der Waals surface area (Å²) in [6.07, 6.45) is 2.17. The van der Waals surface area contributed by atoms with Crippen LogP contribution in [0.2, 0.25) is 0 Å². The first kappa shape index (κ1) is 28.2. The van der Waals surface area contributed by atoms with Gasteiger partial charge in [0.1, 0.15) is 5.69 Å². The standard InChI is InChI=1S/C33H40N6O3/c1-4-31(40)38-15-13-37(14-16-38)30-19-27(33(41)34-20-25-21-36(3)17-18-42-25)35-28-22-39(12-11-26(28)30)29-10-6-9-24-8-5-7-23(2)32(24)29/h4-10,19,25H,1,11-18,20-22H2,2-3H3,(H,34,41). The Kier molecular flexibility index (Phi) is 8.13. The SMILES string of the molecule is C=CC(=O)N1CCN(c2cc(C(=O)NCC3CN(C)CCO3)nc3c2CCN(c2cccc4cccc(C)c24)C3)CC1. The molecule has 2 amide bonds. The summed E-state index contributed by atoms with van der Waals surface area (Å²) >= 11 is 0. The molecule has 1 N–H and O–H groups in total. The molecule has 6 rings (SSSR count). The Labute approximate surface area is 247 Å². The van der Waals surface area contributed by atoms with Gasteiger partial charge in [0.05, 0.1) is 24.9 Å². The maximum Gasteiger partial charge on any atom is 0.270 e. The van der Waals surface area contributed by atoms with E-state index in [1.165, 1.54) is 33.7 Å². The number of anilines is 2. The minimum absolute atomic E-state index is 0.0367. The fourth-order valence-corrected chi connectivity index (χ4v) is 6.48. The second kappa shape index (κ2) is 12.1. The third-order valence-electron chi connectivity index (χ3n) is 8.76. The zero-order chi connectivity index (χ0) is 29.2. The lowest BCUT2D eigenvalue weighted by Crippen LogP contribution is -2.49. The van der Waals surface area contributed by atoms with E-state index in [-0.39, 0.29) is 17.9 Å². The number of hydrogen-bond acceptors (Lipinski definition) is 7. The minimum Gasteiger partial charge on any atom is -0.374 e. The number of nitrogens with one attached hydrogen (secondary N) is 1. The van der Waals surface area contributed by atoms with Crippen LogP contribution in [0.1, 0.15) is 27.3 Å². The van der Waals surface area contributed by atoms with Crippen molar-refractivity contribution in [3.8, 4) is 0 Å². The van der Waals surface area contributed by atoms with Gasteiger partial charge in [-0.3, -0.25) is 9.59 Å². The third kappa shape index (κ3) is 5.71. The highest BCUT2D eigenvalue weighted by Gasteiger charge is 2.29. The first-order valence-electron chi connectivity index (χ1n) is 14.9. The second-order valence-corrected chi connectivity index (χ2v) is 11.6. The molecule has 3 aliphatic heterocycles. The van der Waals surface area contributed by atoms with Crippen molar-refractivity contribution in [3.63, 3.8) is 0 Å². The average Bonchev–Trinajstić information content (AvgIpc) is 3.02. The molecule has 9 heteroatoms. The summed E-state index contributed by atoms with van der Waals surface area (Å²) < 4.78 is 5.86. The Bertz CT molecular complexity index is 1490. The Morgan fingerprint density at radius 2 is 1.83 bits per heavy atom. The topological polar surface area (TPSA) is 81.2 Å². The number of morpholine rings is 1. The first-order valence-corrected chi connectivity index (χ1v) is 14.9. The summed E-state index contributed by atoms with van der Waals surface area (Å²) in [5, 5.41) is 5.57. The number of aromatic nitrogens is 1. The van der Waals surface area contributed by atoms with E-state index in [2.05, 4.69) is 77.0 Å². The van der Waals surface area contributed by atoms with Crippen molar-refractivity contribution in [1.29, 1.82) is 0 Å². The number of ether oxygens (including phenoxy) is 1. The van der Waals surface area contributed by atoms with E-state index in [0.29, 0.717) is 51.6 Å². The summed E-state index contributed by atoms with van der Waals surface area (Å²) in [6, 6.07) is 14.8. The first-order chi connectivity index (χ1) is 20.4. The highest BCUT2D eigenvalue weighted by Crippen LogP contribution is 2.35. The number of hydrogen-bond donors (Lipinski definition) is 1. The van der Waals surface area contributed by atoms with E-state index in [1.54, 1.807) is 0 Å². The molecule has 220 valence electrons. The molecular weight excluding hydrogens is 528 g/mol. The summed E-state index contributed by atoms with van der Waals surface area (Å²) in [6.45, 7) is 12.7. The van der Waals surface area contributed by atoms with Gasteiger partial charge in [0.2, 0.25) is 5.91 Å². The van der Waals surface area contributed by atoms with Gasteiger partial charge in [-0.25, -0.2) is 4.98 Å². The van der Waals surface area contributed by atoms with Crippen molar-refractivity contribution in [3.05, 3.63) is 77.6 Å². The number of likely N-dealkylation sites (N-methyl/N-ethyl adjacent to an activating group) is 1. The van der Waals surface area contributed by atoms with Crippen LogP contribution < -0.4 is 15.1 Å². The Morgan fingerprint density at radius 1 is 1.05 bits per heavy atom. The summed E-state index contributed by atoms with van der Waals surface area (Å²) in [5.74, 6) is -0.224. The molecule has 3 aliphatic rings. The summed E-state index contributed by atoms with van der Waals surface area (Å²) in [4.78, 5) is 39.4. The molecule has 0 saturated carbocycles. The fraction of sp³-hybridized carbons (Fsp3) is 0.424. The molecule has 0 radical (unpaired) electrons. The number of piperazine rings is 1. The maximum atomic E-state index is 13.5. The number of nitrogens with zero attached hydrogens (tertiary/aromatic N) is 5. The quantitative estimate of drug-likeness (QED) is 0.458. The third-order valence-corrected chi connectivity index (χ3v) is 8.76. The van der Waals surface area contributed by atoms with Crippen molar-refractivity contribution in [2.24, 2.45) is 0 Å². The van der Waals surface area contributed by atoms with E-state index in [9.17, 15) is 9.59 Å². The normalized spacial score (nSPS) is 19.5. The van der Waals surface area contributed by atoms with Crippen LogP contribution in [0.3, 0.4) is 0 Å². The van der Waals surface area contributed by atoms with Crippen LogP contribution in [0.4, 0.5) is 11.4 Å². The van der Waals surface area contributed by atoms with Gasteiger partial charge in [-0.1, -0.05) is 36.9 Å². The lowest BCUT2D eigenvalue weighted by atomic mass is 9.97. The Hall–Kier alpha value is -3.95. The minimum atomic E-state index is -0.186. The molecule has 9 nitrogen and oxygen atoms in total. The molecule has 1 unspecified atom stereocenters. The van der Waals surface area contributed by atoms with Gasteiger partial charge in [0, 0.05) is 74.7 Å². The van der Waals surface area contributed by atoms with Crippen LogP contribution in [0.5, 0.6) is 0 Å². The zero-order valence-electron chi connectivity index (χ0n) is 24.6. The number of rotatable bonds is 6. The molecule has 4 heterocycles. The number of benzene rings is 2. The second-order valence-electron chi connectivity index (χ2n) is 11.6. The van der Waals surface area contributed by atoms with Crippen LogP contribution in [-0.2, 0) is 22.5 Å². The van der Waals surface area contributed by atoms with Gasteiger partial charge >= 0.3 is 0 Å². The maximum absolute atomic E-state index is 13.5. The van der Waals surface area contributed by atoms with Gasteiger partial charge in [-0.2, -0.15) is 0 Å². The largest absolute Gasteiger partial charge is 0.374 e. The molecule has 0 spiro atoms. The van der Waals surface area contributed by atoms with Crippen molar-refractivity contribution in [2.75, 3.05) is 75.8 Å². The number of carbonyl (C=O) groups is 2. The molecule has 2 fully saturated rings. The smallest absolute Gasteiger partial charge is 0.270 e. The Balaban J connectivity index is 1.30. The highest BCUT2D eigenvalue weighted by atomic mass is 16.5.